The van der Waals surface area contributed by atoms with Gasteiger partial charge in [0.25, 0.3) is 5.91 Å². The Balaban J connectivity index is 1.95. The number of hydrogen-bond acceptors (Lipinski definition) is 5. The number of benzene rings is 1. The summed E-state index contributed by atoms with van der Waals surface area (Å²) in [6, 6.07) is 9.07. The zero-order valence-electron chi connectivity index (χ0n) is 14.1. The van der Waals surface area contributed by atoms with Gasteiger partial charge in [0.15, 0.2) is 0 Å². The maximum Gasteiger partial charge on any atom is 0.261 e. The molecule has 2 aromatic rings. The first-order chi connectivity index (χ1) is 12.1. The van der Waals surface area contributed by atoms with Crippen LogP contribution in [0.15, 0.2) is 46.5 Å². The average Bonchev–Trinajstić information content (AvgIpc) is 2.73. The Kier molecular flexibility index (Phi) is 5.35. The van der Waals surface area contributed by atoms with E-state index in [1.54, 1.807) is 29.3 Å². The average molecular weight is 357 g/mol. The first-order valence-electron chi connectivity index (χ1n) is 8.10. The normalized spacial score (nSPS) is 13.0. The first kappa shape index (κ1) is 17.4. The van der Waals surface area contributed by atoms with Crippen molar-refractivity contribution in [1.82, 2.24) is 4.98 Å². The van der Waals surface area contributed by atoms with Crippen LogP contribution in [0.1, 0.15) is 24.2 Å². The summed E-state index contributed by atoms with van der Waals surface area (Å²) in [5, 5.41) is 3.48. The number of aromatic nitrogens is 1. The second-order valence-corrected chi connectivity index (χ2v) is 6.41. The van der Waals surface area contributed by atoms with Crippen LogP contribution < -0.4 is 10.2 Å². The largest absolute Gasteiger partial charge is 0.372 e. The van der Waals surface area contributed by atoms with Gasteiger partial charge in [0.2, 0.25) is 5.91 Å². The third-order valence-corrected chi connectivity index (χ3v) is 4.81. The van der Waals surface area contributed by atoms with E-state index in [0.717, 1.165) is 10.6 Å². The topological polar surface area (TPSA) is 71.5 Å². The second kappa shape index (κ2) is 7.67. The monoisotopic (exact) mass is 357 g/mol. The molecule has 1 aliphatic heterocycles. The lowest BCUT2D eigenvalue weighted by atomic mass is 10.2. The second-order valence-electron chi connectivity index (χ2n) is 5.38. The highest BCUT2D eigenvalue weighted by Crippen LogP contribution is 2.41. The Hall–Kier alpha value is -2.38. The maximum absolute atomic E-state index is 12.8. The lowest BCUT2D eigenvalue weighted by Gasteiger charge is -2.21. The number of nitrogens with one attached hydrogen (secondary N) is 1. The smallest absolute Gasteiger partial charge is 0.261 e. The molecule has 0 spiro atoms. The molecule has 3 rings (SSSR count). The molecule has 7 heteroatoms. The molecule has 0 radical (unpaired) electrons. The molecule has 0 saturated carbocycles. The molecule has 0 bridgehead atoms. The third-order valence-electron chi connectivity index (χ3n) is 3.74. The van der Waals surface area contributed by atoms with Crippen LogP contribution in [0.2, 0.25) is 0 Å². The van der Waals surface area contributed by atoms with Crippen LogP contribution in [-0.4, -0.2) is 36.6 Å². The minimum Gasteiger partial charge on any atom is -0.372 e. The van der Waals surface area contributed by atoms with Crippen molar-refractivity contribution in [3.63, 3.8) is 0 Å². The van der Waals surface area contributed by atoms with Crippen molar-refractivity contribution in [3.05, 3.63) is 42.1 Å². The van der Waals surface area contributed by atoms with Gasteiger partial charge in [0, 0.05) is 29.9 Å². The Labute approximate surface area is 150 Å². The van der Waals surface area contributed by atoms with Crippen molar-refractivity contribution in [3.8, 4) is 0 Å². The van der Waals surface area contributed by atoms with Gasteiger partial charge in [0.05, 0.1) is 11.3 Å². The van der Waals surface area contributed by atoms with Crippen LogP contribution in [0, 0.1) is 0 Å². The van der Waals surface area contributed by atoms with Gasteiger partial charge in [-0.1, -0.05) is 11.8 Å². The summed E-state index contributed by atoms with van der Waals surface area (Å²) in [5.41, 5.74) is 2.07. The number of nitrogens with zero attached hydrogens (tertiary/aromatic N) is 2. The van der Waals surface area contributed by atoms with Crippen LogP contribution in [0.3, 0.4) is 0 Å². The van der Waals surface area contributed by atoms with E-state index in [2.05, 4.69) is 10.3 Å². The fourth-order valence-corrected chi connectivity index (χ4v) is 3.65. The van der Waals surface area contributed by atoms with Gasteiger partial charge in [-0.15, -0.1) is 0 Å². The predicted octanol–water partition coefficient (Wildman–Crippen LogP) is 3.19. The third kappa shape index (κ3) is 3.67. The summed E-state index contributed by atoms with van der Waals surface area (Å²) in [7, 11) is 0. The SMILES string of the molecule is CCOCC(=O)Nc1ccc2c(c1)Sc1ncccc1C(=O)N2CC. The summed E-state index contributed by atoms with van der Waals surface area (Å²) in [4.78, 5) is 31.6. The van der Waals surface area contributed by atoms with Crippen molar-refractivity contribution in [2.24, 2.45) is 0 Å². The number of ether oxygens (including phenoxy) is 1. The van der Waals surface area contributed by atoms with E-state index in [1.165, 1.54) is 11.8 Å². The van der Waals surface area contributed by atoms with E-state index in [4.69, 9.17) is 4.74 Å². The highest BCUT2D eigenvalue weighted by molar-refractivity contribution is 7.99. The molecule has 25 heavy (non-hydrogen) atoms. The Bertz CT molecular complexity index is 810. The highest BCUT2D eigenvalue weighted by atomic mass is 32.2. The minimum absolute atomic E-state index is 0.0185. The number of pyridine rings is 1. The molecule has 0 saturated heterocycles. The summed E-state index contributed by atoms with van der Waals surface area (Å²) < 4.78 is 5.12. The van der Waals surface area contributed by atoms with Crippen molar-refractivity contribution < 1.29 is 14.3 Å². The fourth-order valence-electron chi connectivity index (χ4n) is 2.60. The lowest BCUT2D eigenvalue weighted by Crippen LogP contribution is -2.30. The molecule has 0 fully saturated rings. The van der Waals surface area contributed by atoms with Gasteiger partial charge < -0.3 is 15.0 Å². The van der Waals surface area contributed by atoms with E-state index in [9.17, 15) is 9.59 Å². The van der Waals surface area contributed by atoms with Crippen LogP contribution >= 0.6 is 11.8 Å². The number of hydrogen-bond donors (Lipinski definition) is 1. The Morgan fingerprint density at radius 3 is 2.92 bits per heavy atom. The molecule has 6 nitrogen and oxygen atoms in total. The first-order valence-corrected chi connectivity index (χ1v) is 8.92. The molecule has 0 unspecified atom stereocenters. The van der Waals surface area contributed by atoms with E-state index >= 15 is 0 Å². The van der Waals surface area contributed by atoms with E-state index in [-0.39, 0.29) is 18.4 Å². The van der Waals surface area contributed by atoms with Crippen molar-refractivity contribution in [2.45, 2.75) is 23.8 Å². The van der Waals surface area contributed by atoms with Gasteiger partial charge in [0.1, 0.15) is 11.6 Å². The molecule has 1 aliphatic rings. The van der Waals surface area contributed by atoms with E-state index < -0.39 is 0 Å². The van der Waals surface area contributed by atoms with Gasteiger partial charge in [-0.2, -0.15) is 0 Å². The van der Waals surface area contributed by atoms with Crippen LogP contribution in [0.5, 0.6) is 0 Å². The molecule has 0 atom stereocenters. The van der Waals surface area contributed by atoms with Gasteiger partial charge in [-0.05, 0) is 44.2 Å². The summed E-state index contributed by atoms with van der Waals surface area (Å²) in [6.07, 6.45) is 1.67. The number of carbonyl (C=O) groups is 2. The summed E-state index contributed by atoms with van der Waals surface area (Å²) in [5.74, 6) is -0.271. The van der Waals surface area contributed by atoms with Crippen molar-refractivity contribution in [2.75, 3.05) is 30.0 Å². The fraction of sp³-hybridized carbons (Fsp3) is 0.278. The van der Waals surface area contributed by atoms with Crippen LogP contribution in [-0.2, 0) is 9.53 Å². The number of rotatable bonds is 5. The lowest BCUT2D eigenvalue weighted by molar-refractivity contribution is -0.120. The minimum atomic E-state index is -0.206. The zero-order valence-corrected chi connectivity index (χ0v) is 14.9. The number of fused-ring (bicyclic) bond motifs is 2. The van der Waals surface area contributed by atoms with E-state index in [0.29, 0.717) is 29.4 Å². The standard InChI is InChI=1S/C18H19N3O3S/c1-3-21-14-8-7-12(20-16(22)11-24-4-2)10-15(14)25-17-13(18(21)23)6-5-9-19-17/h5-10H,3-4,11H2,1-2H3,(H,20,22). The number of amides is 2. The van der Waals surface area contributed by atoms with Gasteiger partial charge >= 0.3 is 0 Å². The number of carbonyl (C=O) groups excluding carboxylic acids is 2. The molecule has 2 amide bonds. The molecule has 1 aromatic heterocycles. The molecular weight excluding hydrogens is 338 g/mol. The number of anilines is 2. The zero-order chi connectivity index (χ0) is 17.8. The molecule has 130 valence electrons. The van der Waals surface area contributed by atoms with Crippen LogP contribution in [0.4, 0.5) is 11.4 Å². The predicted molar refractivity (Wildman–Crippen MR) is 97.3 cm³/mol. The van der Waals surface area contributed by atoms with Gasteiger partial charge in [-0.25, -0.2) is 4.98 Å². The summed E-state index contributed by atoms with van der Waals surface area (Å²) >= 11 is 1.43. The Morgan fingerprint density at radius 1 is 1.32 bits per heavy atom. The van der Waals surface area contributed by atoms with Gasteiger partial charge in [-0.3, -0.25) is 9.59 Å². The highest BCUT2D eigenvalue weighted by Gasteiger charge is 2.27. The molecular formula is C18H19N3O3S. The molecule has 2 heterocycles. The molecule has 0 aliphatic carbocycles. The van der Waals surface area contributed by atoms with E-state index in [1.807, 2.05) is 26.0 Å². The van der Waals surface area contributed by atoms with Crippen LogP contribution in [0.25, 0.3) is 0 Å². The molecule has 1 N–H and O–H groups in total. The molecule has 1 aromatic carbocycles. The van der Waals surface area contributed by atoms with Crippen molar-refractivity contribution >= 4 is 35.0 Å². The summed E-state index contributed by atoms with van der Waals surface area (Å²) in [6.45, 7) is 4.84. The quantitative estimate of drug-likeness (QED) is 0.890. The maximum atomic E-state index is 12.8. The van der Waals surface area contributed by atoms with Crippen molar-refractivity contribution in [1.29, 1.82) is 0 Å². The Morgan fingerprint density at radius 2 is 2.16 bits per heavy atom.